The van der Waals surface area contributed by atoms with Gasteiger partial charge in [0.2, 0.25) is 0 Å². The molecule has 0 bridgehead atoms. The highest BCUT2D eigenvalue weighted by molar-refractivity contribution is 14.1. The number of hydrogen-bond donors (Lipinski definition) is 0. The van der Waals surface area contributed by atoms with Crippen LogP contribution in [0.3, 0.4) is 0 Å². The van der Waals surface area contributed by atoms with Gasteiger partial charge in [-0.2, -0.15) is 0 Å². The lowest BCUT2D eigenvalue weighted by Gasteiger charge is -2.18. The van der Waals surface area contributed by atoms with E-state index in [1.165, 1.54) is 9.09 Å². The summed E-state index contributed by atoms with van der Waals surface area (Å²) < 4.78 is 3.57. The van der Waals surface area contributed by atoms with Gasteiger partial charge >= 0.3 is 0 Å². The van der Waals surface area contributed by atoms with E-state index in [-0.39, 0.29) is 0 Å². The van der Waals surface area contributed by atoms with Crippen LogP contribution in [0.25, 0.3) is 11.0 Å². The van der Waals surface area contributed by atoms with Crippen molar-refractivity contribution < 1.29 is 0 Å². The highest BCUT2D eigenvalue weighted by Crippen LogP contribution is 2.20. The lowest BCUT2D eigenvalue weighted by atomic mass is 10.3. The Hall–Kier alpha value is -0.330. The minimum Gasteiger partial charge on any atom is -0.328 e. The second kappa shape index (κ2) is 8.34. The molecule has 0 fully saturated rings. The molecule has 3 nitrogen and oxygen atoms in total. The van der Waals surface area contributed by atoms with E-state index < -0.39 is 0 Å². The minimum atomic E-state index is 0.621. The van der Waals surface area contributed by atoms with Gasteiger partial charge < -0.3 is 9.47 Å². The lowest BCUT2D eigenvalue weighted by molar-refractivity contribution is 0.293. The SMILES string of the molecule is CCN(CC)CCCn1c(CCCl)nc2cc(I)ccc21. The molecule has 0 N–H and O–H groups in total. The lowest BCUT2D eigenvalue weighted by Crippen LogP contribution is -2.25. The topological polar surface area (TPSA) is 21.1 Å². The maximum Gasteiger partial charge on any atom is 0.111 e. The number of halogens is 2. The standard InChI is InChI=1S/C16H23ClIN3/c1-3-20(4-2)10-5-11-21-15-7-6-13(18)12-14(15)19-16(21)8-9-17/h6-7,12H,3-5,8-11H2,1-2H3. The summed E-state index contributed by atoms with van der Waals surface area (Å²) in [5, 5.41) is 0. The minimum absolute atomic E-state index is 0.621. The maximum absolute atomic E-state index is 5.93. The number of nitrogens with zero attached hydrogens (tertiary/aromatic N) is 3. The van der Waals surface area contributed by atoms with E-state index in [1.807, 2.05) is 0 Å². The maximum atomic E-state index is 5.93. The molecule has 0 amide bonds. The van der Waals surface area contributed by atoms with Crippen LogP contribution in [0, 0.1) is 3.57 Å². The summed E-state index contributed by atoms with van der Waals surface area (Å²) in [6.45, 7) is 8.83. The van der Waals surface area contributed by atoms with Crippen LogP contribution in [0.2, 0.25) is 0 Å². The third-order valence-corrected chi connectivity index (χ3v) is 4.72. The third kappa shape index (κ3) is 4.33. The number of hydrogen-bond acceptors (Lipinski definition) is 2. The fraction of sp³-hybridized carbons (Fsp3) is 0.562. The van der Waals surface area contributed by atoms with E-state index in [2.05, 4.69) is 64.1 Å². The van der Waals surface area contributed by atoms with Crippen LogP contribution in [0.4, 0.5) is 0 Å². The van der Waals surface area contributed by atoms with E-state index in [0.29, 0.717) is 5.88 Å². The zero-order valence-corrected chi connectivity index (χ0v) is 15.7. The van der Waals surface area contributed by atoms with E-state index in [9.17, 15) is 0 Å². The molecule has 21 heavy (non-hydrogen) atoms. The van der Waals surface area contributed by atoms with E-state index in [0.717, 1.165) is 50.4 Å². The van der Waals surface area contributed by atoms with Crippen LogP contribution >= 0.6 is 34.2 Å². The second-order valence-corrected chi connectivity index (χ2v) is 6.76. The molecule has 0 atom stereocenters. The first-order valence-electron chi connectivity index (χ1n) is 7.62. The molecular formula is C16H23ClIN3. The average Bonchev–Trinajstić information content (AvgIpc) is 2.81. The molecule has 0 unspecified atom stereocenters. The molecule has 0 saturated heterocycles. The van der Waals surface area contributed by atoms with Crippen molar-refractivity contribution in [3.05, 3.63) is 27.6 Å². The van der Waals surface area contributed by atoms with Crippen molar-refractivity contribution in [2.75, 3.05) is 25.5 Å². The fourth-order valence-corrected chi connectivity index (χ4v) is 3.31. The van der Waals surface area contributed by atoms with Crippen molar-refractivity contribution in [3.8, 4) is 0 Å². The van der Waals surface area contributed by atoms with Crippen molar-refractivity contribution >= 4 is 45.2 Å². The highest BCUT2D eigenvalue weighted by Gasteiger charge is 2.11. The molecule has 0 spiro atoms. The number of fused-ring (bicyclic) bond motifs is 1. The predicted molar refractivity (Wildman–Crippen MR) is 99.3 cm³/mol. The molecule has 1 aromatic heterocycles. The summed E-state index contributed by atoms with van der Waals surface area (Å²) in [7, 11) is 0. The first kappa shape index (κ1) is 17.0. The van der Waals surface area contributed by atoms with Crippen LogP contribution in [0.15, 0.2) is 18.2 Å². The summed E-state index contributed by atoms with van der Waals surface area (Å²) in [6, 6.07) is 6.48. The van der Waals surface area contributed by atoms with Gasteiger partial charge in [0.05, 0.1) is 11.0 Å². The number of benzene rings is 1. The van der Waals surface area contributed by atoms with Crippen LogP contribution in [0.1, 0.15) is 26.1 Å². The van der Waals surface area contributed by atoms with Crippen LogP contribution in [0.5, 0.6) is 0 Å². The van der Waals surface area contributed by atoms with Gasteiger partial charge in [-0.3, -0.25) is 0 Å². The Morgan fingerprint density at radius 1 is 1.29 bits per heavy atom. The van der Waals surface area contributed by atoms with Gasteiger partial charge in [-0.15, -0.1) is 11.6 Å². The van der Waals surface area contributed by atoms with Crippen LogP contribution < -0.4 is 0 Å². The molecule has 0 aliphatic rings. The van der Waals surface area contributed by atoms with Crippen molar-refractivity contribution in [1.29, 1.82) is 0 Å². The third-order valence-electron chi connectivity index (χ3n) is 3.86. The Balaban J connectivity index is 2.18. The molecule has 0 saturated carbocycles. The summed E-state index contributed by atoms with van der Waals surface area (Å²) in [5.41, 5.74) is 2.32. The van der Waals surface area contributed by atoms with Crippen molar-refractivity contribution in [2.24, 2.45) is 0 Å². The predicted octanol–water partition coefficient (Wildman–Crippen LogP) is 4.15. The number of imidazole rings is 1. The van der Waals surface area contributed by atoms with Crippen LogP contribution in [-0.4, -0.2) is 40.0 Å². The second-order valence-electron chi connectivity index (χ2n) is 5.13. The van der Waals surface area contributed by atoms with Gasteiger partial charge in [0, 0.05) is 22.4 Å². The highest BCUT2D eigenvalue weighted by atomic mass is 127. The van der Waals surface area contributed by atoms with Crippen molar-refractivity contribution in [2.45, 2.75) is 33.2 Å². The number of alkyl halides is 1. The molecule has 116 valence electrons. The Kier molecular flexibility index (Phi) is 6.76. The molecule has 2 rings (SSSR count). The molecule has 1 aromatic carbocycles. The van der Waals surface area contributed by atoms with Gasteiger partial charge in [0.25, 0.3) is 0 Å². The molecular weight excluding hydrogens is 397 g/mol. The molecule has 5 heteroatoms. The number of rotatable bonds is 8. The Labute approximate surface area is 145 Å². The zero-order valence-electron chi connectivity index (χ0n) is 12.8. The van der Waals surface area contributed by atoms with E-state index >= 15 is 0 Å². The van der Waals surface area contributed by atoms with Crippen LogP contribution in [-0.2, 0) is 13.0 Å². The van der Waals surface area contributed by atoms with E-state index in [1.54, 1.807) is 0 Å². The molecule has 0 aliphatic carbocycles. The normalized spacial score (nSPS) is 11.7. The van der Waals surface area contributed by atoms with Gasteiger partial charge in [0.15, 0.2) is 0 Å². The quantitative estimate of drug-likeness (QED) is 0.473. The smallest absolute Gasteiger partial charge is 0.111 e. The zero-order chi connectivity index (χ0) is 15.2. The first-order chi connectivity index (χ1) is 10.2. The van der Waals surface area contributed by atoms with Crippen molar-refractivity contribution in [1.82, 2.24) is 14.5 Å². The average molecular weight is 420 g/mol. The summed E-state index contributed by atoms with van der Waals surface area (Å²) in [4.78, 5) is 7.22. The number of aromatic nitrogens is 2. The van der Waals surface area contributed by atoms with Gasteiger partial charge in [0.1, 0.15) is 5.82 Å². The summed E-state index contributed by atoms with van der Waals surface area (Å²) >= 11 is 8.27. The molecule has 0 radical (unpaired) electrons. The van der Waals surface area contributed by atoms with E-state index in [4.69, 9.17) is 16.6 Å². The Morgan fingerprint density at radius 2 is 2.05 bits per heavy atom. The monoisotopic (exact) mass is 419 g/mol. The Morgan fingerprint density at radius 3 is 2.71 bits per heavy atom. The van der Waals surface area contributed by atoms with Gasteiger partial charge in [-0.05, 0) is 66.8 Å². The van der Waals surface area contributed by atoms with Crippen molar-refractivity contribution in [3.63, 3.8) is 0 Å². The molecule has 0 aliphatic heterocycles. The first-order valence-corrected chi connectivity index (χ1v) is 9.23. The molecule has 1 heterocycles. The number of aryl methyl sites for hydroxylation is 2. The summed E-state index contributed by atoms with van der Waals surface area (Å²) in [5.74, 6) is 1.73. The molecule has 2 aromatic rings. The van der Waals surface area contributed by atoms with Gasteiger partial charge in [-0.25, -0.2) is 4.98 Å². The summed E-state index contributed by atoms with van der Waals surface area (Å²) in [6.07, 6.45) is 1.98. The fourth-order valence-electron chi connectivity index (χ4n) is 2.67. The largest absolute Gasteiger partial charge is 0.328 e. The Bertz CT molecular complexity index is 578. The van der Waals surface area contributed by atoms with Gasteiger partial charge in [-0.1, -0.05) is 13.8 Å².